The first-order valence-electron chi connectivity index (χ1n) is 8.92. The molecular formula is C19H24N4O. The van der Waals surface area contributed by atoms with Crippen molar-refractivity contribution in [1.82, 2.24) is 9.97 Å². The SMILES string of the molecule is C=C(N)c1cnc2[nH]ccc2c1N[C@H]1C2CC3CC1C[C@@](O)(C3)C2. The summed E-state index contributed by atoms with van der Waals surface area (Å²) < 4.78 is 0. The number of hydrogen-bond acceptors (Lipinski definition) is 4. The quantitative estimate of drug-likeness (QED) is 0.699. The van der Waals surface area contributed by atoms with Crippen LogP contribution in [0.25, 0.3) is 16.7 Å². The van der Waals surface area contributed by atoms with E-state index in [1.54, 1.807) is 6.20 Å². The molecule has 5 N–H and O–H groups in total. The number of pyridine rings is 1. The van der Waals surface area contributed by atoms with Crippen molar-refractivity contribution in [2.24, 2.45) is 23.5 Å². The number of aromatic nitrogens is 2. The Labute approximate surface area is 141 Å². The van der Waals surface area contributed by atoms with Crippen molar-refractivity contribution in [3.63, 3.8) is 0 Å². The largest absolute Gasteiger partial charge is 0.399 e. The normalized spacial score (nSPS) is 37.0. The Bertz CT molecular complexity index is 810. The molecule has 0 spiro atoms. The minimum atomic E-state index is -0.406. The maximum Gasteiger partial charge on any atom is 0.139 e. The van der Waals surface area contributed by atoms with Gasteiger partial charge in [0.15, 0.2) is 0 Å². The van der Waals surface area contributed by atoms with E-state index in [9.17, 15) is 5.11 Å². The van der Waals surface area contributed by atoms with Gasteiger partial charge in [-0.2, -0.15) is 0 Å². The molecule has 0 amide bonds. The van der Waals surface area contributed by atoms with Crippen molar-refractivity contribution in [2.75, 3.05) is 5.32 Å². The molecule has 4 saturated carbocycles. The van der Waals surface area contributed by atoms with Gasteiger partial charge in [-0.3, -0.25) is 0 Å². The molecule has 4 aliphatic rings. The van der Waals surface area contributed by atoms with Crippen LogP contribution >= 0.6 is 0 Å². The summed E-state index contributed by atoms with van der Waals surface area (Å²) in [6.45, 7) is 3.92. The second kappa shape index (κ2) is 4.76. The van der Waals surface area contributed by atoms with E-state index in [0.717, 1.165) is 41.5 Å². The molecule has 4 bridgehead atoms. The topological polar surface area (TPSA) is 87.0 Å². The van der Waals surface area contributed by atoms with Gasteiger partial charge in [-0.15, -0.1) is 0 Å². The Kier molecular flexibility index (Phi) is 2.84. The highest BCUT2D eigenvalue weighted by molar-refractivity contribution is 5.95. The predicted molar refractivity (Wildman–Crippen MR) is 95.2 cm³/mol. The fourth-order valence-corrected chi connectivity index (χ4v) is 5.79. The molecular weight excluding hydrogens is 300 g/mol. The number of anilines is 1. The molecule has 2 aromatic heterocycles. The van der Waals surface area contributed by atoms with Crippen LogP contribution < -0.4 is 11.1 Å². The van der Waals surface area contributed by atoms with Gasteiger partial charge in [-0.25, -0.2) is 4.98 Å². The molecule has 24 heavy (non-hydrogen) atoms. The first-order chi connectivity index (χ1) is 11.5. The van der Waals surface area contributed by atoms with Gasteiger partial charge >= 0.3 is 0 Å². The third-order valence-corrected chi connectivity index (χ3v) is 6.48. The predicted octanol–water partition coefficient (Wildman–Crippen LogP) is 2.84. The molecule has 2 atom stereocenters. The fraction of sp³-hybridized carbons (Fsp3) is 0.526. The second-order valence-electron chi connectivity index (χ2n) is 8.18. The van der Waals surface area contributed by atoms with Crippen LogP contribution in [0.5, 0.6) is 0 Å². The standard InChI is InChI=1S/C19H24N4O/c1-10(20)15-9-22-18-14(2-3-21-18)17(15)23-16-12-4-11-5-13(16)8-19(24,6-11)7-12/h2-3,9,11-13,16,24H,1,4-8,20H2,(H2,21,22,23)/t11?,12?,13?,16-,19+. The van der Waals surface area contributed by atoms with E-state index < -0.39 is 5.60 Å². The molecule has 0 radical (unpaired) electrons. The minimum Gasteiger partial charge on any atom is -0.399 e. The van der Waals surface area contributed by atoms with Gasteiger partial charge in [0.25, 0.3) is 0 Å². The van der Waals surface area contributed by atoms with E-state index in [4.69, 9.17) is 5.73 Å². The Morgan fingerprint density at radius 1 is 1.33 bits per heavy atom. The highest BCUT2D eigenvalue weighted by atomic mass is 16.3. The van der Waals surface area contributed by atoms with E-state index >= 15 is 0 Å². The van der Waals surface area contributed by atoms with E-state index in [2.05, 4.69) is 21.9 Å². The molecule has 0 saturated heterocycles. The maximum absolute atomic E-state index is 10.8. The maximum atomic E-state index is 10.8. The average molecular weight is 324 g/mol. The van der Waals surface area contributed by atoms with Crippen LogP contribution in [-0.2, 0) is 0 Å². The van der Waals surface area contributed by atoms with Gasteiger partial charge in [0.05, 0.1) is 11.3 Å². The molecule has 126 valence electrons. The van der Waals surface area contributed by atoms with Gasteiger partial charge in [0.2, 0.25) is 0 Å². The van der Waals surface area contributed by atoms with Gasteiger partial charge < -0.3 is 21.1 Å². The Morgan fingerprint density at radius 2 is 2.08 bits per heavy atom. The zero-order valence-electron chi connectivity index (χ0n) is 13.8. The van der Waals surface area contributed by atoms with Gasteiger partial charge in [-0.1, -0.05) is 6.58 Å². The molecule has 0 aliphatic heterocycles. The highest BCUT2D eigenvalue weighted by Crippen LogP contribution is 2.56. The lowest BCUT2D eigenvalue weighted by Gasteiger charge is -2.58. The van der Waals surface area contributed by atoms with Crippen molar-refractivity contribution < 1.29 is 5.11 Å². The number of H-pyrrole nitrogens is 1. The van der Waals surface area contributed by atoms with Crippen LogP contribution in [-0.4, -0.2) is 26.7 Å². The summed E-state index contributed by atoms with van der Waals surface area (Å²) in [6.07, 6.45) is 9.04. The number of hydrogen-bond donors (Lipinski definition) is 4. The molecule has 5 nitrogen and oxygen atoms in total. The molecule has 0 aromatic carbocycles. The molecule has 2 unspecified atom stereocenters. The third kappa shape index (κ3) is 2.00. The van der Waals surface area contributed by atoms with E-state index in [0.29, 0.717) is 29.5 Å². The smallest absolute Gasteiger partial charge is 0.139 e. The van der Waals surface area contributed by atoms with Crippen LogP contribution in [0.2, 0.25) is 0 Å². The van der Waals surface area contributed by atoms with Crippen molar-refractivity contribution >= 4 is 22.4 Å². The van der Waals surface area contributed by atoms with Gasteiger partial charge in [-0.05, 0) is 55.9 Å². The van der Waals surface area contributed by atoms with Gasteiger partial charge in [0, 0.05) is 35.1 Å². The van der Waals surface area contributed by atoms with Crippen LogP contribution in [0, 0.1) is 17.8 Å². The van der Waals surface area contributed by atoms with E-state index in [-0.39, 0.29) is 0 Å². The highest BCUT2D eigenvalue weighted by Gasteiger charge is 2.54. The Balaban J connectivity index is 1.54. The second-order valence-corrected chi connectivity index (χ2v) is 8.18. The van der Waals surface area contributed by atoms with Crippen molar-refractivity contribution in [2.45, 2.75) is 43.7 Å². The molecule has 4 fully saturated rings. The van der Waals surface area contributed by atoms with E-state index in [1.807, 2.05) is 12.3 Å². The summed E-state index contributed by atoms with van der Waals surface area (Å²) in [4.78, 5) is 7.61. The van der Waals surface area contributed by atoms with Crippen molar-refractivity contribution in [3.8, 4) is 0 Å². The summed E-state index contributed by atoms with van der Waals surface area (Å²) >= 11 is 0. The lowest BCUT2D eigenvalue weighted by molar-refractivity contribution is -0.129. The van der Waals surface area contributed by atoms with E-state index in [1.165, 1.54) is 12.8 Å². The number of rotatable bonds is 3. The number of aliphatic hydroxyl groups is 1. The average Bonchev–Trinajstić information content (AvgIpc) is 2.97. The van der Waals surface area contributed by atoms with Gasteiger partial charge in [0.1, 0.15) is 5.65 Å². The summed E-state index contributed by atoms with van der Waals surface area (Å²) in [5.74, 6) is 1.80. The molecule has 2 heterocycles. The third-order valence-electron chi connectivity index (χ3n) is 6.48. The Hall–Kier alpha value is -2.01. The lowest BCUT2D eigenvalue weighted by Crippen LogP contribution is -2.59. The van der Waals surface area contributed by atoms with Crippen molar-refractivity contribution in [1.29, 1.82) is 0 Å². The zero-order chi connectivity index (χ0) is 16.5. The summed E-state index contributed by atoms with van der Waals surface area (Å²) in [5, 5.41) is 15.7. The molecule has 6 rings (SSSR count). The van der Waals surface area contributed by atoms with Crippen molar-refractivity contribution in [3.05, 3.63) is 30.6 Å². The van der Waals surface area contributed by atoms with Crippen LogP contribution in [0.15, 0.2) is 25.0 Å². The number of nitrogens with two attached hydrogens (primary N) is 1. The first-order valence-corrected chi connectivity index (χ1v) is 8.92. The lowest BCUT2D eigenvalue weighted by atomic mass is 9.52. The number of nitrogens with one attached hydrogen (secondary N) is 2. The van der Waals surface area contributed by atoms with Crippen LogP contribution in [0.4, 0.5) is 5.69 Å². The molecule has 4 aliphatic carbocycles. The summed E-state index contributed by atoms with van der Waals surface area (Å²) in [5.41, 5.74) is 8.94. The number of nitrogens with zero attached hydrogens (tertiary/aromatic N) is 1. The first kappa shape index (κ1) is 14.3. The molecule has 2 aromatic rings. The summed E-state index contributed by atoms with van der Waals surface area (Å²) in [7, 11) is 0. The number of fused-ring (bicyclic) bond motifs is 1. The fourth-order valence-electron chi connectivity index (χ4n) is 5.79. The molecule has 5 heteroatoms. The minimum absolute atomic E-state index is 0.403. The van der Waals surface area contributed by atoms with Crippen LogP contribution in [0.3, 0.4) is 0 Å². The zero-order valence-corrected chi connectivity index (χ0v) is 13.8. The number of aromatic amines is 1. The monoisotopic (exact) mass is 324 g/mol. The Morgan fingerprint density at radius 3 is 2.75 bits per heavy atom. The van der Waals surface area contributed by atoms with Crippen LogP contribution in [0.1, 0.15) is 37.7 Å². The summed E-state index contributed by atoms with van der Waals surface area (Å²) in [6, 6.07) is 2.45.